The summed E-state index contributed by atoms with van der Waals surface area (Å²) in [6, 6.07) is 5.21. The van der Waals surface area contributed by atoms with E-state index in [1.165, 1.54) is 0 Å². The standard InChI is InChI=1S/C15H13ClF2N4/c16-15-12(2-1-11(5-19)21-15)10-6-20-22(8-10)7-9-3-13(17)14(18)4-9/h1-2,6,8-9,13-14H,3-4,7H2/t13-,14-/m1/s1. The van der Waals surface area contributed by atoms with E-state index in [2.05, 4.69) is 10.1 Å². The fourth-order valence-corrected chi connectivity index (χ4v) is 3.02. The molecular formula is C15H13ClF2N4. The Morgan fingerprint density at radius 2 is 2.05 bits per heavy atom. The molecule has 0 unspecified atom stereocenters. The summed E-state index contributed by atoms with van der Waals surface area (Å²) in [6.07, 6.45) is 1.14. The monoisotopic (exact) mass is 322 g/mol. The second-order valence-electron chi connectivity index (χ2n) is 5.47. The molecule has 2 aromatic heterocycles. The van der Waals surface area contributed by atoms with Crippen molar-refractivity contribution in [3.05, 3.63) is 35.4 Å². The minimum atomic E-state index is -1.36. The van der Waals surface area contributed by atoms with E-state index in [9.17, 15) is 8.78 Å². The Labute approximate surface area is 131 Å². The fraction of sp³-hybridized carbons (Fsp3) is 0.400. The first kappa shape index (κ1) is 14.9. The molecular weight excluding hydrogens is 310 g/mol. The molecule has 0 N–H and O–H groups in total. The third-order valence-electron chi connectivity index (χ3n) is 3.86. The van der Waals surface area contributed by atoms with Crippen LogP contribution in [-0.4, -0.2) is 27.1 Å². The predicted octanol–water partition coefficient (Wildman–Crippen LogP) is 3.56. The van der Waals surface area contributed by atoms with Gasteiger partial charge in [0.1, 0.15) is 29.3 Å². The molecule has 2 aromatic rings. The molecule has 2 atom stereocenters. The first-order chi connectivity index (χ1) is 10.6. The van der Waals surface area contributed by atoms with Crippen LogP contribution in [0.5, 0.6) is 0 Å². The summed E-state index contributed by atoms with van der Waals surface area (Å²) in [5, 5.41) is 13.2. The Kier molecular flexibility index (Phi) is 4.08. The number of rotatable bonds is 3. The van der Waals surface area contributed by atoms with Gasteiger partial charge in [0, 0.05) is 23.9 Å². The molecule has 1 aliphatic rings. The predicted molar refractivity (Wildman–Crippen MR) is 77.7 cm³/mol. The molecule has 1 saturated carbocycles. The molecule has 22 heavy (non-hydrogen) atoms. The van der Waals surface area contributed by atoms with Gasteiger partial charge in [0.15, 0.2) is 0 Å². The van der Waals surface area contributed by atoms with E-state index in [-0.39, 0.29) is 29.6 Å². The van der Waals surface area contributed by atoms with E-state index in [0.717, 1.165) is 5.56 Å². The molecule has 4 nitrogen and oxygen atoms in total. The van der Waals surface area contributed by atoms with Gasteiger partial charge in [-0.1, -0.05) is 11.6 Å². The molecule has 0 saturated heterocycles. The summed E-state index contributed by atoms with van der Waals surface area (Å²) in [7, 11) is 0. The highest BCUT2D eigenvalue weighted by molar-refractivity contribution is 6.32. The molecule has 0 spiro atoms. The zero-order valence-corrected chi connectivity index (χ0v) is 12.3. The maximum absolute atomic E-state index is 13.2. The number of alkyl halides is 2. The number of aromatic nitrogens is 3. The van der Waals surface area contributed by atoms with E-state index in [1.54, 1.807) is 29.2 Å². The third kappa shape index (κ3) is 2.95. The van der Waals surface area contributed by atoms with E-state index < -0.39 is 12.3 Å². The van der Waals surface area contributed by atoms with Gasteiger partial charge in [-0.2, -0.15) is 10.4 Å². The highest BCUT2D eigenvalue weighted by atomic mass is 35.5. The summed E-state index contributed by atoms with van der Waals surface area (Å²) in [5.74, 6) is -0.0488. The molecule has 7 heteroatoms. The number of hydrogen-bond donors (Lipinski definition) is 0. The topological polar surface area (TPSA) is 54.5 Å². The second kappa shape index (κ2) is 6.01. The average Bonchev–Trinajstić information content (AvgIpc) is 3.06. The lowest BCUT2D eigenvalue weighted by Gasteiger charge is -2.08. The van der Waals surface area contributed by atoms with Crippen molar-refractivity contribution in [1.29, 1.82) is 5.26 Å². The van der Waals surface area contributed by atoms with Crippen LogP contribution in [0.25, 0.3) is 11.1 Å². The summed E-state index contributed by atoms with van der Waals surface area (Å²) < 4.78 is 28.1. The van der Waals surface area contributed by atoms with Gasteiger partial charge >= 0.3 is 0 Å². The van der Waals surface area contributed by atoms with Crippen molar-refractivity contribution in [3.63, 3.8) is 0 Å². The lowest BCUT2D eigenvalue weighted by molar-refractivity contribution is 0.199. The number of nitriles is 1. The number of halogens is 3. The summed E-state index contributed by atoms with van der Waals surface area (Å²) >= 11 is 6.06. The highest BCUT2D eigenvalue weighted by Gasteiger charge is 2.34. The van der Waals surface area contributed by atoms with Crippen molar-refractivity contribution in [1.82, 2.24) is 14.8 Å². The van der Waals surface area contributed by atoms with Gasteiger partial charge in [0.25, 0.3) is 0 Å². The minimum absolute atomic E-state index is 0.0488. The number of pyridine rings is 1. The average molecular weight is 323 g/mol. The van der Waals surface area contributed by atoms with Crippen molar-refractivity contribution in [3.8, 4) is 17.2 Å². The molecule has 0 bridgehead atoms. The first-order valence-electron chi connectivity index (χ1n) is 6.94. The van der Waals surface area contributed by atoms with Gasteiger partial charge in [-0.05, 0) is 30.9 Å². The van der Waals surface area contributed by atoms with Gasteiger partial charge in [-0.15, -0.1) is 0 Å². The van der Waals surface area contributed by atoms with Crippen molar-refractivity contribution in [2.45, 2.75) is 31.7 Å². The van der Waals surface area contributed by atoms with Gasteiger partial charge in [-0.3, -0.25) is 4.68 Å². The summed E-state index contributed by atoms with van der Waals surface area (Å²) in [6.45, 7) is 0.474. The molecule has 3 rings (SSSR count). The fourth-order valence-electron chi connectivity index (χ4n) is 2.76. The van der Waals surface area contributed by atoms with Crippen LogP contribution in [-0.2, 0) is 6.54 Å². The molecule has 0 aliphatic heterocycles. The van der Waals surface area contributed by atoms with Crippen molar-refractivity contribution in [2.75, 3.05) is 0 Å². The maximum Gasteiger partial charge on any atom is 0.142 e. The zero-order valence-electron chi connectivity index (χ0n) is 11.6. The molecule has 0 amide bonds. The number of hydrogen-bond acceptors (Lipinski definition) is 3. The Hall–Kier alpha value is -2.00. The van der Waals surface area contributed by atoms with E-state index in [0.29, 0.717) is 12.1 Å². The van der Waals surface area contributed by atoms with Crippen molar-refractivity contribution >= 4 is 11.6 Å². The van der Waals surface area contributed by atoms with Gasteiger partial charge < -0.3 is 0 Å². The van der Waals surface area contributed by atoms with Crippen LogP contribution < -0.4 is 0 Å². The Morgan fingerprint density at radius 1 is 1.32 bits per heavy atom. The van der Waals surface area contributed by atoms with E-state index >= 15 is 0 Å². The van der Waals surface area contributed by atoms with E-state index in [4.69, 9.17) is 16.9 Å². The van der Waals surface area contributed by atoms with Crippen molar-refractivity contribution < 1.29 is 8.78 Å². The Bertz CT molecular complexity index is 715. The van der Waals surface area contributed by atoms with Crippen LogP contribution >= 0.6 is 11.6 Å². The highest BCUT2D eigenvalue weighted by Crippen LogP contribution is 2.32. The van der Waals surface area contributed by atoms with Crippen LogP contribution in [0.1, 0.15) is 18.5 Å². The minimum Gasteiger partial charge on any atom is -0.272 e. The second-order valence-corrected chi connectivity index (χ2v) is 5.83. The Morgan fingerprint density at radius 3 is 2.68 bits per heavy atom. The third-order valence-corrected chi connectivity index (χ3v) is 4.15. The smallest absolute Gasteiger partial charge is 0.142 e. The SMILES string of the molecule is N#Cc1ccc(-c2cnn(CC3C[C@@H](F)[C@H](F)C3)c2)c(Cl)n1. The van der Waals surface area contributed by atoms with Crippen LogP contribution in [0.2, 0.25) is 5.15 Å². The molecule has 1 aliphatic carbocycles. The largest absolute Gasteiger partial charge is 0.272 e. The molecule has 0 radical (unpaired) electrons. The lowest BCUT2D eigenvalue weighted by Crippen LogP contribution is -2.08. The van der Waals surface area contributed by atoms with Crippen LogP contribution in [0.4, 0.5) is 8.78 Å². The Balaban J connectivity index is 1.76. The molecule has 2 heterocycles. The van der Waals surface area contributed by atoms with Gasteiger partial charge in [-0.25, -0.2) is 13.8 Å². The van der Waals surface area contributed by atoms with E-state index in [1.807, 2.05) is 6.07 Å². The van der Waals surface area contributed by atoms with Gasteiger partial charge in [0.2, 0.25) is 0 Å². The zero-order chi connectivity index (χ0) is 15.7. The molecule has 1 fully saturated rings. The lowest BCUT2D eigenvalue weighted by atomic mass is 10.1. The quantitative estimate of drug-likeness (QED) is 0.812. The summed E-state index contributed by atoms with van der Waals surface area (Å²) in [4.78, 5) is 3.97. The number of nitrogens with zero attached hydrogens (tertiary/aromatic N) is 4. The van der Waals surface area contributed by atoms with Crippen LogP contribution in [0.3, 0.4) is 0 Å². The molecule has 114 valence electrons. The molecule has 0 aromatic carbocycles. The van der Waals surface area contributed by atoms with Gasteiger partial charge in [0.05, 0.1) is 6.20 Å². The summed E-state index contributed by atoms with van der Waals surface area (Å²) in [5.41, 5.74) is 1.67. The van der Waals surface area contributed by atoms with Crippen LogP contribution in [0.15, 0.2) is 24.5 Å². The van der Waals surface area contributed by atoms with Crippen molar-refractivity contribution in [2.24, 2.45) is 5.92 Å². The first-order valence-corrected chi connectivity index (χ1v) is 7.32. The van der Waals surface area contributed by atoms with Crippen LogP contribution in [0, 0.1) is 17.2 Å². The maximum atomic E-state index is 13.2. The normalized spacial score (nSPS) is 21.9.